The summed E-state index contributed by atoms with van der Waals surface area (Å²) in [5.41, 5.74) is 1.81. The Bertz CT molecular complexity index is 876. The van der Waals surface area contributed by atoms with Crippen molar-refractivity contribution >= 4 is 18.0 Å². The average molecular weight is 395 g/mol. The van der Waals surface area contributed by atoms with Gasteiger partial charge in [0.15, 0.2) is 18.1 Å². The summed E-state index contributed by atoms with van der Waals surface area (Å²) < 4.78 is 15.6. The highest BCUT2D eigenvalue weighted by molar-refractivity contribution is 5.89. The summed E-state index contributed by atoms with van der Waals surface area (Å²) in [7, 11) is 0. The molecule has 2 aromatic rings. The smallest absolute Gasteiger partial charge is 0.331 e. The van der Waals surface area contributed by atoms with Crippen LogP contribution in [0.2, 0.25) is 0 Å². The summed E-state index contributed by atoms with van der Waals surface area (Å²) in [6, 6.07) is 15.0. The number of esters is 1. The van der Waals surface area contributed by atoms with Crippen LogP contribution in [0.5, 0.6) is 11.5 Å². The van der Waals surface area contributed by atoms with E-state index >= 15 is 0 Å². The van der Waals surface area contributed by atoms with Crippen LogP contribution in [-0.2, 0) is 14.3 Å². The molecular weight excluding hydrogens is 370 g/mol. The van der Waals surface area contributed by atoms with Crippen LogP contribution in [0, 0.1) is 5.92 Å². The van der Waals surface area contributed by atoms with Crippen molar-refractivity contribution in [1.29, 1.82) is 0 Å². The van der Waals surface area contributed by atoms with E-state index in [-0.39, 0.29) is 25.3 Å². The van der Waals surface area contributed by atoms with Gasteiger partial charge < -0.3 is 19.5 Å². The van der Waals surface area contributed by atoms with Crippen LogP contribution in [-0.4, -0.2) is 25.3 Å². The van der Waals surface area contributed by atoms with E-state index in [0.29, 0.717) is 17.4 Å². The first-order valence-electron chi connectivity index (χ1n) is 9.60. The van der Waals surface area contributed by atoms with Gasteiger partial charge in [0.05, 0.1) is 6.04 Å². The molecule has 2 aromatic carbocycles. The molecule has 1 N–H and O–H groups in total. The second kappa shape index (κ2) is 9.78. The van der Waals surface area contributed by atoms with E-state index < -0.39 is 5.97 Å². The fourth-order valence-electron chi connectivity index (χ4n) is 3.04. The molecule has 0 bridgehead atoms. The molecule has 29 heavy (non-hydrogen) atoms. The van der Waals surface area contributed by atoms with Crippen LogP contribution in [0.4, 0.5) is 0 Å². The van der Waals surface area contributed by atoms with E-state index in [4.69, 9.17) is 14.2 Å². The fourth-order valence-corrected chi connectivity index (χ4v) is 3.04. The molecule has 6 heteroatoms. The fraction of sp³-hybridized carbons (Fsp3) is 0.304. The van der Waals surface area contributed by atoms with Crippen molar-refractivity contribution in [3.63, 3.8) is 0 Å². The third kappa shape index (κ3) is 6.10. The number of hydrogen-bond donors (Lipinski definition) is 1. The van der Waals surface area contributed by atoms with Gasteiger partial charge in [-0.25, -0.2) is 4.79 Å². The summed E-state index contributed by atoms with van der Waals surface area (Å²) >= 11 is 0. The molecule has 152 valence electrons. The Hall–Kier alpha value is -3.28. The average Bonchev–Trinajstić information content (AvgIpc) is 3.18. The zero-order valence-electron chi connectivity index (χ0n) is 16.6. The molecular formula is C23H25NO5. The molecule has 1 atom stereocenters. The van der Waals surface area contributed by atoms with Gasteiger partial charge in [-0.1, -0.05) is 50.2 Å². The Morgan fingerprint density at radius 1 is 1.10 bits per heavy atom. The van der Waals surface area contributed by atoms with E-state index in [1.54, 1.807) is 24.3 Å². The number of nitrogens with one attached hydrogen (secondary N) is 1. The van der Waals surface area contributed by atoms with E-state index in [1.807, 2.05) is 30.3 Å². The van der Waals surface area contributed by atoms with Gasteiger partial charge in [-0.3, -0.25) is 4.79 Å². The third-order valence-electron chi connectivity index (χ3n) is 4.40. The molecule has 0 aliphatic carbocycles. The molecule has 3 rings (SSSR count). The summed E-state index contributed by atoms with van der Waals surface area (Å²) in [5, 5.41) is 2.95. The topological polar surface area (TPSA) is 73.9 Å². The zero-order chi connectivity index (χ0) is 20.6. The van der Waals surface area contributed by atoms with Crippen LogP contribution in [0.25, 0.3) is 6.08 Å². The normalized spacial score (nSPS) is 13.5. The highest BCUT2D eigenvalue weighted by Crippen LogP contribution is 2.32. The summed E-state index contributed by atoms with van der Waals surface area (Å²) in [6.07, 6.45) is 3.69. The minimum Gasteiger partial charge on any atom is -0.454 e. The molecule has 0 saturated carbocycles. The van der Waals surface area contributed by atoms with Crippen molar-refractivity contribution in [3.8, 4) is 11.5 Å². The highest BCUT2D eigenvalue weighted by atomic mass is 16.7. The van der Waals surface area contributed by atoms with E-state index in [2.05, 4.69) is 19.2 Å². The maximum Gasteiger partial charge on any atom is 0.331 e. The summed E-state index contributed by atoms with van der Waals surface area (Å²) in [4.78, 5) is 24.2. The van der Waals surface area contributed by atoms with Crippen LogP contribution in [0.15, 0.2) is 54.6 Å². The van der Waals surface area contributed by atoms with Crippen LogP contribution >= 0.6 is 0 Å². The van der Waals surface area contributed by atoms with Crippen molar-refractivity contribution in [2.45, 2.75) is 26.3 Å². The maximum atomic E-state index is 12.3. The van der Waals surface area contributed by atoms with Gasteiger partial charge in [0.25, 0.3) is 5.91 Å². The predicted octanol–water partition coefficient (Wildman–Crippen LogP) is 3.88. The van der Waals surface area contributed by atoms with Crippen LogP contribution in [0.3, 0.4) is 0 Å². The molecule has 1 aliphatic heterocycles. The van der Waals surface area contributed by atoms with Gasteiger partial charge in [0, 0.05) is 6.08 Å². The maximum absolute atomic E-state index is 12.3. The van der Waals surface area contributed by atoms with E-state index in [1.165, 1.54) is 6.08 Å². The third-order valence-corrected chi connectivity index (χ3v) is 4.40. The molecule has 1 amide bonds. The van der Waals surface area contributed by atoms with Crippen molar-refractivity contribution in [2.24, 2.45) is 5.92 Å². The standard InChI is InChI=1S/C23H25NO5/c1-16(2)12-19(18-6-4-3-5-7-18)24-22(25)14-27-23(26)11-9-17-8-10-20-21(13-17)29-15-28-20/h3-11,13,16,19H,12,14-15H2,1-2H3,(H,24,25)/b11-9+/t19-/m1/s1. The van der Waals surface area contributed by atoms with Gasteiger partial charge in [0.1, 0.15) is 0 Å². The molecule has 0 saturated heterocycles. The number of hydrogen-bond acceptors (Lipinski definition) is 5. The SMILES string of the molecule is CC(C)C[C@@H](NC(=O)COC(=O)/C=C/c1ccc2c(c1)OCO2)c1ccccc1. The Morgan fingerprint density at radius 2 is 1.86 bits per heavy atom. The minimum atomic E-state index is -0.585. The lowest BCUT2D eigenvalue weighted by Gasteiger charge is -2.21. The minimum absolute atomic E-state index is 0.119. The van der Waals surface area contributed by atoms with Gasteiger partial charge in [-0.15, -0.1) is 0 Å². The number of amides is 1. The molecule has 0 aromatic heterocycles. The molecule has 0 unspecified atom stereocenters. The first kappa shape index (κ1) is 20.5. The van der Waals surface area contributed by atoms with Gasteiger partial charge in [0.2, 0.25) is 6.79 Å². The Kier molecular flexibility index (Phi) is 6.89. The quantitative estimate of drug-likeness (QED) is 0.542. The van der Waals surface area contributed by atoms with Crippen molar-refractivity contribution < 1.29 is 23.8 Å². The second-order valence-corrected chi connectivity index (χ2v) is 7.21. The number of rotatable bonds is 8. The van der Waals surface area contributed by atoms with Gasteiger partial charge in [-0.2, -0.15) is 0 Å². The molecule has 0 spiro atoms. The number of benzene rings is 2. The van der Waals surface area contributed by atoms with Crippen molar-refractivity contribution in [3.05, 3.63) is 65.7 Å². The first-order chi connectivity index (χ1) is 14.0. The number of carbonyl (C=O) groups is 2. The van der Waals surface area contributed by atoms with Gasteiger partial charge in [-0.05, 0) is 41.7 Å². The van der Waals surface area contributed by atoms with Gasteiger partial charge >= 0.3 is 5.97 Å². The molecule has 1 aliphatic rings. The number of fused-ring (bicyclic) bond motifs is 1. The molecule has 1 heterocycles. The van der Waals surface area contributed by atoms with Crippen molar-refractivity contribution in [2.75, 3.05) is 13.4 Å². The highest BCUT2D eigenvalue weighted by Gasteiger charge is 2.17. The zero-order valence-corrected chi connectivity index (χ0v) is 16.6. The van der Waals surface area contributed by atoms with Crippen molar-refractivity contribution in [1.82, 2.24) is 5.32 Å². The molecule has 0 radical (unpaired) electrons. The molecule has 6 nitrogen and oxygen atoms in total. The lowest BCUT2D eigenvalue weighted by molar-refractivity contribution is -0.144. The summed E-state index contributed by atoms with van der Waals surface area (Å²) in [5.74, 6) is 0.808. The number of ether oxygens (including phenoxy) is 3. The predicted molar refractivity (Wildman–Crippen MR) is 109 cm³/mol. The largest absolute Gasteiger partial charge is 0.454 e. The lowest BCUT2D eigenvalue weighted by Crippen LogP contribution is -2.33. The Balaban J connectivity index is 1.50. The summed E-state index contributed by atoms with van der Waals surface area (Å²) in [6.45, 7) is 4.07. The second-order valence-electron chi connectivity index (χ2n) is 7.21. The first-order valence-corrected chi connectivity index (χ1v) is 9.60. The van der Waals surface area contributed by atoms with Crippen LogP contribution in [0.1, 0.15) is 37.4 Å². The lowest BCUT2D eigenvalue weighted by atomic mass is 9.97. The number of carbonyl (C=O) groups excluding carboxylic acids is 2. The molecule has 0 fully saturated rings. The monoisotopic (exact) mass is 395 g/mol. The Labute approximate surface area is 170 Å². The Morgan fingerprint density at radius 3 is 2.62 bits per heavy atom. The van der Waals surface area contributed by atoms with E-state index in [0.717, 1.165) is 17.5 Å². The van der Waals surface area contributed by atoms with Crippen LogP contribution < -0.4 is 14.8 Å². The van der Waals surface area contributed by atoms with E-state index in [9.17, 15) is 9.59 Å².